The molecule has 92 valence electrons. The SMILES string of the molecule is CCCc1ccc(C(C)C(C#N)N(C)C)cc1. The summed E-state index contributed by atoms with van der Waals surface area (Å²) in [4.78, 5) is 1.98. The Balaban J connectivity index is 2.82. The predicted molar refractivity (Wildman–Crippen MR) is 71.9 cm³/mol. The van der Waals surface area contributed by atoms with Gasteiger partial charge in [0.25, 0.3) is 0 Å². The van der Waals surface area contributed by atoms with Crippen molar-refractivity contribution in [2.45, 2.75) is 38.6 Å². The Bertz CT molecular complexity index is 373. The lowest BCUT2D eigenvalue weighted by molar-refractivity contribution is 0.316. The quantitative estimate of drug-likeness (QED) is 0.776. The highest BCUT2D eigenvalue weighted by atomic mass is 15.1. The molecule has 0 bridgehead atoms. The first-order valence-corrected chi connectivity index (χ1v) is 6.25. The monoisotopic (exact) mass is 230 g/mol. The van der Waals surface area contributed by atoms with Crippen LogP contribution in [-0.4, -0.2) is 25.0 Å². The minimum atomic E-state index is -0.0629. The third-order valence-electron chi connectivity index (χ3n) is 3.21. The summed E-state index contributed by atoms with van der Waals surface area (Å²) in [6.07, 6.45) is 2.30. The maximum Gasteiger partial charge on any atom is 0.104 e. The van der Waals surface area contributed by atoms with E-state index in [1.54, 1.807) is 0 Å². The first-order valence-electron chi connectivity index (χ1n) is 6.25. The van der Waals surface area contributed by atoms with Gasteiger partial charge in [-0.05, 0) is 31.6 Å². The van der Waals surface area contributed by atoms with E-state index in [1.807, 2.05) is 19.0 Å². The number of nitriles is 1. The Morgan fingerprint density at radius 3 is 2.24 bits per heavy atom. The lowest BCUT2D eigenvalue weighted by Gasteiger charge is -2.24. The fraction of sp³-hybridized carbons (Fsp3) is 0.533. The Hall–Kier alpha value is -1.33. The van der Waals surface area contributed by atoms with Crippen molar-refractivity contribution in [3.05, 3.63) is 35.4 Å². The van der Waals surface area contributed by atoms with Crippen molar-refractivity contribution < 1.29 is 0 Å². The molecule has 0 fully saturated rings. The molecule has 1 aromatic rings. The van der Waals surface area contributed by atoms with Gasteiger partial charge in [0.05, 0.1) is 6.07 Å². The van der Waals surface area contributed by atoms with Gasteiger partial charge in [0.15, 0.2) is 0 Å². The summed E-state index contributed by atoms with van der Waals surface area (Å²) in [6.45, 7) is 4.30. The zero-order valence-electron chi connectivity index (χ0n) is 11.3. The molecule has 0 aromatic heterocycles. The van der Waals surface area contributed by atoms with Crippen LogP contribution in [0.1, 0.15) is 37.3 Å². The largest absolute Gasteiger partial charge is 0.294 e. The lowest BCUT2D eigenvalue weighted by Crippen LogP contribution is -2.31. The van der Waals surface area contributed by atoms with Crippen LogP contribution in [0.25, 0.3) is 0 Å². The number of hydrogen-bond acceptors (Lipinski definition) is 2. The van der Waals surface area contributed by atoms with Crippen LogP contribution in [0.5, 0.6) is 0 Å². The first-order chi connectivity index (χ1) is 8.10. The molecule has 0 aliphatic carbocycles. The van der Waals surface area contributed by atoms with Crippen molar-refractivity contribution >= 4 is 0 Å². The van der Waals surface area contributed by atoms with Crippen LogP contribution < -0.4 is 0 Å². The fourth-order valence-corrected chi connectivity index (χ4v) is 2.13. The number of aryl methyl sites for hydroxylation is 1. The van der Waals surface area contributed by atoms with Gasteiger partial charge in [0.2, 0.25) is 0 Å². The van der Waals surface area contributed by atoms with Crippen molar-refractivity contribution in [2.24, 2.45) is 0 Å². The van der Waals surface area contributed by atoms with Gasteiger partial charge in [0, 0.05) is 5.92 Å². The minimum Gasteiger partial charge on any atom is -0.294 e. The smallest absolute Gasteiger partial charge is 0.104 e. The average molecular weight is 230 g/mol. The molecule has 2 nitrogen and oxygen atoms in total. The number of hydrogen-bond donors (Lipinski definition) is 0. The molecule has 0 amide bonds. The van der Waals surface area contributed by atoms with E-state index in [9.17, 15) is 5.26 Å². The van der Waals surface area contributed by atoms with Gasteiger partial charge in [0.1, 0.15) is 6.04 Å². The third kappa shape index (κ3) is 3.57. The molecule has 0 saturated heterocycles. The highest BCUT2D eigenvalue weighted by Gasteiger charge is 2.20. The Labute approximate surface area is 105 Å². The van der Waals surface area contributed by atoms with E-state index >= 15 is 0 Å². The number of likely N-dealkylation sites (N-methyl/N-ethyl adjacent to an activating group) is 1. The summed E-state index contributed by atoms with van der Waals surface area (Å²) in [5, 5.41) is 9.18. The molecule has 17 heavy (non-hydrogen) atoms. The summed E-state index contributed by atoms with van der Waals surface area (Å²) >= 11 is 0. The van der Waals surface area contributed by atoms with E-state index < -0.39 is 0 Å². The van der Waals surface area contributed by atoms with E-state index in [1.165, 1.54) is 17.5 Å². The van der Waals surface area contributed by atoms with Crippen LogP contribution in [0, 0.1) is 11.3 Å². The molecule has 2 atom stereocenters. The second kappa shape index (κ2) is 6.42. The summed E-state index contributed by atoms with van der Waals surface area (Å²) in [7, 11) is 3.91. The summed E-state index contributed by atoms with van der Waals surface area (Å²) in [6, 6.07) is 11.0. The van der Waals surface area contributed by atoms with Crippen LogP contribution in [0.15, 0.2) is 24.3 Å². The molecule has 1 aromatic carbocycles. The molecule has 0 N–H and O–H groups in total. The second-order valence-corrected chi connectivity index (χ2v) is 4.82. The van der Waals surface area contributed by atoms with Crippen LogP contribution in [0.2, 0.25) is 0 Å². The second-order valence-electron chi connectivity index (χ2n) is 4.82. The van der Waals surface area contributed by atoms with Crippen LogP contribution in [0.4, 0.5) is 0 Å². The number of benzene rings is 1. The van der Waals surface area contributed by atoms with Gasteiger partial charge in [-0.1, -0.05) is 44.5 Å². The average Bonchev–Trinajstić information content (AvgIpc) is 2.30. The number of nitrogens with zero attached hydrogens (tertiary/aromatic N) is 2. The van der Waals surface area contributed by atoms with Gasteiger partial charge in [-0.3, -0.25) is 4.90 Å². The summed E-state index contributed by atoms with van der Waals surface area (Å²) < 4.78 is 0. The van der Waals surface area contributed by atoms with Crippen molar-refractivity contribution in [3.63, 3.8) is 0 Å². The molecule has 0 aliphatic heterocycles. The minimum absolute atomic E-state index is 0.0629. The molecule has 2 heteroatoms. The Morgan fingerprint density at radius 2 is 1.82 bits per heavy atom. The van der Waals surface area contributed by atoms with Gasteiger partial charge in [-0.2, -0.15) is 5.26 Å². The fourth-order valence-electron chi connectivity index (χ4n) is 2.13. The van der Waals surface area contributed by atoms with Gasteiger partial charge < -0.3 is 0 Å². The van der Waals surface area contributed by atoms with Crippen molar-refractivity contribution in [1.82, 2.24) is 4.90 Å². The lowest BCUT2D eigenvalue weighted by atomic mass is 9.92. The number of rotatable bonds is 5. The van der Waals surface area contributed by atoms with Crippen molar-refractivity contribution in [1.29, 1.82) is 5.26 Å². The predicted octanol–water partition coefficient (Wildman–Crippen LogP) is 3.20. The first kappa shape index (κ1) is 13.7. The van der Waals surface area contributed by atoms with Crippen molar-refractivity contribution in [3.8, 4) is 6.07 Å². The molecule has 0 spiro atoms. The molecular formula is C15H22N2. The topological polar surface area (TPSA) is 27.0 Å². The zero-order valence-corrected chi connectivity index (χ0v) is 11.3. The van der Waals surface area contributed by atoms with Gasteiger partial charge >= 0.3 is 0 Å². The van der Waals surface area contributed by atoms with E-state index in [2.05, 4.69) is 44.2 Å². The van der Waals surface area contributed by atoms with E-state index in [-0.39, 0.29) is 12.0 Å². The summed E-state index contributed by atoms with van der Waals surface area (Å²) in [5.74, 6) is 0.241. The maximum absolute atomic E-state index is 9.18. The molecule has 1 rings (SSSR count). The van der Waals surface area contributed by atoms with Crippen LogP contribution >= 0.6 is 0 Å². The molecule has 2 unspecified atom stereocenters. The normalized spacial score (nSPS) is 14.4. The zero-order chi connectivity index (χ0) is 12.8. The molecule has 0 radical (unpaired) electrons. The molecular weight excluding hydrogens is 208 g/mol. The molecule has 0 aliphatic rings. The van der Waals surface area contributed by atoms with Gasteiger partial charge in [-0.25, -0.2) is 0 Å². The van der Waals surface area contributed by atoms with Gasteiger partial charge in [-0.15, -0.1) is 0 Å². The van der Waals surface area contributed by atoms with E-state index in [4.69, 9.17) is 0 Å². The summed E-state index contributed by atoms with van der Waals surface area (Å²) in [5.41, 5.74) is 2.62. The van der Waals surface area contributed by atoms with Crippen molar-refractivity contribution in [2.75, 3.05) is 14.1 Å². The Morgan fingerprint density at radius 1 is 1.24 bits per heavy atom. The molecule has 0 heterocycles. The highest BCUT2D eigenvalue weighted by molar-refractivity contribution is 5.27. The molecule has 0 saturated carbocycles. The maximum atomic E-state index is 9.18. The Kier molecular flexibility index (Phi) is 5.18. The van der Waals surface area contributed by atoms with Crippen LogP contribution in [0.3, 0.4) is 0 Å². The third-order valence-corrected chi connectivity index (χ3v) is 3.21. The standard InChI is InChI=1S/C15H22N2/c1-5-6-13-7-9-14(10-8-13)12(2)15(11-16)17(3)4/h7-10,12,15H,5-6H2,1-4H3. The highest BCUT2D eigenvalue weighted by Crippen LogP contribution is 2.22. The van der Waals surface area contributed by atoms with E-state index in [0.717, 1.165) is 6.42 Å². The van der Waals surface area contributed by atoms with Crippen LogP contribution in [-0.2, 0) is 6.42 Å². The van der Waals surface area contributed by atoms with E-state index in [0.29, 0.717) is 0 Å².